The topological polar surface area (TPSA) is 46.5 Å². The zero-order chi connectivity index (χ0) is 7.11. The lowest BCUT2D eigenvalue weighted by Gasteiger charge is -1.96. The van der Waals surface area contributed by atoms with Gasteiger partial charge in [-0.1, -0.05) is 6.58 Å². The Morgan fingerprint density at radius 2 is 2.56 bits per heavy atom. The fourth-order valence-electron chi connectivity index (χ4n) is 0.238. The van der Waals surface area contributed by atoms with Crippen molar-refractivity contribution < 1.29 is 14.1 Å². The smallest absolute Gasteiger partial charge is 0.330 e. The van der Waals surface area contributed by atoms with Crippen LogP contribution >= 0.6 is 12.0 Å². The van der Waals surface area contributed by atoms with E-state index in [2.05, 4.69) is 11.3 Å². The van der Waals surface area contributed by atoms with E-state index >= 15 is 0 Å². The molecule has 0 spiro atoms. The van der Waals surface area contributed by atoms with Gasteiger partial charge in [-0.3, -0.25) is 0 Å². The van der Waals surface area contributed by atoms with Gasteiger partial charge in [0.2, 0.25) is 0 Å². The predicted octanol–water partition coefficient (Wildman–Crippen LogP) is 0.922. The highest BCUT2D eigenvalue weighted by Crippen LogP contribution is 1.89. The van der Waals surface area contributed by atoms with Gasteiger partial charge in [0.05, 0.1) is 5.75 Å². The lowest BCUT2D eigenvalue weighted by molar-refractivity contribution is -0.137. The van der Waals surface area contributed by atoms with Crippen LogP contribution in [0.3, 0.4) is 0 Å². The van der Waals surface area contributed by atoms with Crippen molar-refractivity contribution in [1.29, 1.82) is 0 Å². The molecule has 0 saturated carbocycles. The van der Waals surface area contributed by atoms with Crippen molar-refractivity contribution >= 4 is 18.0 Å². The molecule has 0 rings (SSSR count). The quantitative estimate of drug-likeness (QED) is 0.279. The second-order valence-electron chi connectivity index (χ2n) is 1.20. The van der Waals surface area contributed by atoms with Crippen molar-refractivity contribution in [3.8, 4) is 0 Å². The highest BCUT2D eigenvalue weighted by Gasteiger charge is 1.92. The molecular weight excluding hydrogens is 140 g/mol. The Kier molecular flexibility index (Phi) is 5.35. The Morgan fingerprint density at radius 3 is 3.00 bits per heavy atom. The van der Waals surface area contributed by atoms with Crippen LogP contribution in [0.5, 0.6) is 0 Å². The van der Waals surface area contributed by atoms with Crippen molar-refractivity contribution in [2.24, 2.45) is 0 Å². The molecule has 0 aliphatic heterocycles. The summed E-state index contributed by atoms with van der Waals surface area (Å²) in [5, 5.41) is 0. The van der Waals surface area contributed by atoms with E-state index in [1.807, 2.05) is 0 Å². The first-order valence-electron chi connectivity index (χ1n) is 2.37. The van der Waals surface area contributed by atoms with Crippen LogP contribution in [-0.2, 0) is 9.53 Å². The third kappa shape index (κ3) is 5.39. The van der Waals surface area contributed by atoms with Crippen LogP contribution in [0.4, 0.5) is 0 Å². The first-order chi connectivity index (χ1) is 4.31. The van der Waals surface area contributed by atoms with Crippen molar-refractivity contribution in [2.45, 2.75) is 0 Å². The third-order valence-corrected chi connectivity index (χ3v) is 0.935. The van der Waals surface area contributed by atoms with E-state index in [1.54, 1.807) is 0 Å². The summed E-state index contributed by atoms with van der Waals surface area (Å²) in [6.07, 6.45) is 1.09. The van der Waals surface area contributed by atoms with Gasteiger partial charge >= 0.3 is 5.97 Å². The highest BCUT2D eigenvalue weighted by molar-refractivity contribution is 7.93. The van der Waals surface area contributed by atoms with Crippen LogP contribution in [0.2, 0.25) is 0 Å². The fraction of sp³-hybridized carbons (Fsp3) is 0.400. The third-order valence-electron chi connectivity index (χ3n) is 0.586. The Bertz CT molecular complexity index is 102. The number of hydrogen-bond donors (Lipinski definition) is 1. The first-order valence-corrected chi connectivity index (χ1v) is 3.31. The number of ether oxygens (including phenoxy) is 1. The molecule has 3 nitrogen and oxygen atoms in total. The normalized spacial score (nSPS) is 8.56. The molecule has 9 heavy (non-hydrogen) atoms. The zero-order valence-electron chi connectivity index (χ0n) is 4.87. The van der Waals surface area contributed by atoms with Crippen molar-refractivity contribution in [3.63, 3.8) is 0 Å². The Labute approximate surface area is 57.9 Å². The number of carbonyl (C=O) groups excluding carboxylic acids is 1. The van der Waals surface area contributed by atoms with Crippen molar-refractivity contribution in [3.05, 3.63) is 12.7 Å². The van der Waals surface area contributed by atoms with Gasteiger partial charge in [0.15, 0.2) is 0 Å². The summed E-state index contributed by atoms with van der Waals surface area (Å²) in [6.45, 7) is 3.42. The molecule has 4 heteroatoms. The maximum Gasteiger partial charge on any atom is 0.330 e. The molecule has 0 aromatic heterocycles. The van der Waals surface area contributed by atoms with Crippen molar-refractivity contribution in [2.75, 3.05) is 12.4 Å². The average Bonchev–Trinajstić information content (AvgIpc) is 1.89. The van der Waals surface area contributed by atoms with Crippen LogP contribution in [0.15, 0.2) is 12.7 Å². The largest absolute Gasteiger partial charge is 0.462 e. The Hall–Kier alpha value is -0.480. The summed E-state index contributed by atoms with van der Waals surface area (Å²) in [4.78, 5) is 10.3. The van der Waals surface area contributed by atoms with E-state index in [0.29, 0.717) is 17.8 Å². The summed E-state index contributed by atoms with van der Waals surface area (Å²) in [5.74, 6) is -0.0522. The van der Waals surface area contributed by atoms with E-state index < -0.39 is 5.97 Å². The van der Waals surface area contributed by atoms with Gasteiger partial charge in [-0.25, -0.2) is 4.79 Å². The molecule has 0 radical (unpaired) electrons. The molecule has 1 N–H and O–H groups in total. The van der Waals surface area contributed by atoms with Gasteiger partial charge in [0.1, 0.15) is 6.61 Å². The SMILES string of the molecule is C=CC(=O)OCCSO. The van der Waals surface area contributed by atoms with Gasteiger partial charge < -0.3 is 9.29 Å². The molecular formula is C5H8O3S. The Balaban J connectivity index is 3.07. The summed E-state index contributed by atoms with van der Waals surface area (Å²) < 4.78 is 12.6. The molecule has 0 aromatic rings. The minimum Gasteiger partial charge on any atom is -0.462 e. The van der Waals surface area contributed by atoms with Crippen LogP contribution in [0.25, 0.3) is 0 Å². The first kappa shape index (κ1) is 8.52. The van der Waals surface area contributed by atoms with E-state index in [1.165, 1.54) is 0 Å². The maximum atomic E-state index is 10.3. The molecule has 0 aliphatic carbocycles. The van der Waals surface area contributed by atoms with Gasteiger partial charge in [0, 0.05) is 6.08 Å². The second-order valence-corrected chi connectivity index (χ2v) is 1.87. The number of esters is 1. The summed E-state index contributed by atoms with van der Waals surface area (Å²) in [5.41, 5.74) is 0. The van der Waals surface area contributed by atoms with E-state index in [0.717, 1.165) is 6.08 Å². The van der Waals surface area contributed by atoms with Gasteiger partial charge in [-0.2, -0.15) is 0 Å². The minimum atomic E-state index is -0.455. The molecule has 0 amide bonds. The second kappa shape index (κ2) is 5.65. The number of carbonyl (C=O) groups is 1. The molecule has 0 bridgehead atoms. The molecule has 0 heterocycles. The van der Waals surface area contributed by atoms with Crippen molar-refractivity contribution in [1.82, 2.24) is 0 Å². The van der Waals surface area contributed by atoms with Gasteiger partial charge in [0.25, 0.3) is 0 Å². The maximum absolute atomic E-state index is 10.3. The number of rotatable bonds is 4. The van der Waals surface area contributed by atoms with E-state index in [-0.39, 0.29) is 6.61 Å². The summed E-state index contributed by atoms with van der Waals surface area (Å²) in [7, 11) is 0. The van der Waals surface area contributed by atoms with Crippen LogP contribution < -0.4 is 0 Å². The molecule has 0 aromatic carbocycles. The van der Waals surface area contributed by atoms with Crippen LogP contribution in [-0.4, -0.2) is 22.9 Å². The predicted molar refractivity (Wildman–Crippen MR) is 36.2 cm³/mol. The van der Waals surface area contributed by atoms with Crippen LogP contribution in [0.1, 0.15) is 0 Å². The average molecular weight is 148 g/mol. The summed E-state index contributed by atoms with van der Waals surface area (Å²) in [6, 6.07) is 0. The molecule has 0 atom stereocenters. The minimum absolute atomic E-state index is 0.228. The van der Waals surface area contributed by atoms with Gasteiger partial charge in [-0.05, 0) is 12.0 Å². The van der Waals surface area contributed by atoms with Crippen LogP contribution in [0, 0.1) is 0 Å². The molecule has 0 aliphatic rings. The lowest BCUT2D eigenvalue weighted by atomic mass is 10.6. The number of hydrogen-bond acceptors (Lipinski definition) is 4. The standard InChI is InChI=1S/C5H8O3S/c1-2-5(6)8-3-4-9-7/h2,7H,1,3-4H2. The molecule has 52 valence electrons. The highest BCUT2D eigenvalue weighted by atomic mass is 32.2. The fourth-order valence-corrected chi connectivity index (χ4v) is 0.396. The Morgan fingerprint density at radius 1 is 1.89 bits per heavy atom. The summed E-state index contributed by atoms with van der Waals surface area (Å²) >= 11 is 0.643. The molecule has 0 saturated heterocycles. The zero-order valence-corrected chi connectivity index (χ0v) is 5.69. The monoisotopic (exact) mass is 148 g/mol. The molecule has 0 fully saturated rings. The lowest BCUT2D eigenvalue weighted by Crippen LogP contribution is -2.03. The van der Waals surface area contributed by atoms with Gasteiger partial charge in [-0.15, -0.1) is 0 Å². The molecule has 0 unspecified atom stereocenters. The van der Waals surface area contributed by atoms with E-state index in [9.17, 15) is 4.79 Å². The van der Waals surface area contributed by atoms with E-state index in [4.69, 9.17) is 4.55 Å².